The highest BCUT2D eigenvalue weighted by Crippen LogP contribution is 2.35. The van der Waals surface area contributed by atoms with Gasteiger partial charge in [0.25, 0.3) is 5.91 Å². The van der Waals surface area contributed by atoms with Crippen LogP contribution in [-0.2, 0) is 11.4 Å². The van der Waals surface area contributed by atoms with Gasteiger partial charge in [0, 0.05) is 16.6 Å². The number of ether oxygens (including phenoxy) is 1. The average molecular weight is 460 g/mol. The Kier molecular flexibility index (Phi) is 6.52. The average Bonchev–Trinajstić information content (AvgIpc) is 2.90. The number of halogens is 1. The third kappa shape index (κ3) is 4.89. The highest BCUT2D eigenvalue weighted by atomic mass is 79.9. The molecule has 1 aliphatic heterocycles. The SMILES string of the molecule is C=CCN1C(=O)C(=Cc2cc(Br)ccc2OCc2ccc(C)cc2)SC1=S. The summed E-state index contributed by atoms with van der Waals surface area (Å²) in [5.41, 5.74) is 3.13. The molecule has 0 unspecified atom stereocenters. The van der Waals surface area contributed by atoms with Crippen LogP contribution in [0, 0.1) is 6.92 Å². The fourth-order valence-corrected chi connectivity index (χ4v) is 4.18. The predicted molar refractivity (Wildman–Crippen MR) is 120 cm³/mol. The van der Waals surface area contributed by atoms with Crippen molar-refractivity contribution in [3.8, 4) is 5.75 Å². The van der Waals surface area contributed by atoms with E-state index in [9.17, 15) is 4.79 Å². The smallest absolute Gasteiger partial charge is 0.266 e. The lowest BCUT2D eigenvalue weighted by molar-refractivity contribution is -0.121. The minimum atomic E-state index is -0.102. The van der Waals surface area contributed by atoms with Crippen LogP contribution in [0.25, 0.3) is 6.08 Å². The van der Waals surface area contributed by atoms with Crippen molar-refractivity contribution in [2.24, 2.45) is 0 Å². The fraction of sp³-hybridized carbons (Fsp3) is 0.143. The first-order chi connectivity index (χ1) is 13.0. The van der Waals surface area contributed by atoms with E-state index in [-0.39, 0.29) is 5.91 Å². The zero-order chi connectivity index (χ0) is 19.4. The molecule has 27 heavy (non-hydrogen) atoms. The molecular formula is C21H18BrNO2S2. The van der Waals surface area contributed by atoms with Gasteiger partial charge in [0.2, 0.25) is 0 Å². The molecule has 0 saturated carbocycles. The molecule has 0 bridgehead atoms. The summed E-state index contributed by atoms with van der Waals surface area (Å²) in [6.45, 7) is 6.61. The molecule has 0 aromatic heterocycles. The topological polar surface area (TPSA) is 29.5 Å². The number of thiocarbonyl (C=S) groups is 1. The molecule has 3 rings (SSSR count). The second-order valence-electron chi connectivity index (χ2n) is 6.04. The van der Waals surface area contributed by atoms with Gasteiger partial charge in [-0.15, -0.1) is 6.58 Å². The van der Waals surface area contributed by atoms with E-state index in [2.05, 4.69) is 41.6 Å². The van der Waals surface area contributed by atoms with Gasteiger partial charge in [0.05, 0.1) is 4.91 Å². The maximum atomic E-state index is 12.6. The van der Waals surface area contributed by atoms with Crippen LogP contribution in [0.15, 0.2) is 64.5 Å². The Morgan fingerprint density at radius 2 is 2.00 bits per heavy atom. The first-order valence-electron chi connectivity index (χ1n) is 8.32. The Morgan fingerprint density at radius 1 is 1.26 bits per heavy atom. The van der Waals surface area contributed by atoms with Gasteiger partial charge in [-0.25, -0.2) is 0 Å². The van der Waals surface area contributed by atoms with Crippen molar-refractivity contribution in [2.75, 3.05) is 6.54 Å². The number of carbonyl (C=O) groups excluding carboxylic acids is 1. The summed E-state index contributed by atoms with van der Waals surface area (Å²) in [6, 6.07) is 14.0. The molecule has 1 fully saturated rings. The molecule has 0 atom stereocenters. The first-order valence-corrected chi connectivity index (χ1v) is 10.3. The van der Waals surface area contributed by atoms with E-state index in [0.717, 1.165) is 15.6 Å². The van der Waals surface area contributed by atoms with Gasteiger partial charge in [0.15, 0.2) is 0 Å². The van der Waals surface area contributed by atoms with Crippen LogP contribution in [0.4, 0.5) is 0 Å². The Bertz CT molecular complexity index is 922. The molecule has 1 aliphatic rings. The van der Waals surface area contributed by atoms with Crippen molar-refractivity contribution >= 4 is 56.2 Å². The molecule has 0 spiro atoms. The van der Waals surface area contributed by atoms with Crippen LogP contribution in [-0.4, -0.2) is 21.7 Å². The Balaban J connectivity index is 1.84. The molecule has 1 saturated heterocycles. The first kappa shape index (κ1) is 19.9. The summed E-state index contributed by atoms with van der Waals surface area (Å²) in [5.74, 6) is 0.613. The standard InChI is InChI=1S/C21H18BrNO2S2/c1-3-10-23-20(24)19(27-21(23)26)12-16-11-17(22)8-9-18(16)25-13-15-6-4-14(2)5-7-15/h3-9,11-12H,1,10,13H2,2H3. The van der Waals surface area contributed by atoms with Gasteiger partial charge >= 0.3 is 0 Å². The highest BCUT2D eigenvalue weighted by molar-refractivity contribution is 9.10. The monoisotopic (exact) mass is 459 g/mol. The van der Waals surface area contributed by atoms with E-state index in [1.165, 1.54) is 17.3 Å². The van der Waals surface area contributed by atoms with Gasteiger partial charge in [-0.1, -0.05) is 75.8 Å². The Morgan fingerprint density at radius 3 is 2.70 bits per heavy atom. The van der Waals surface area contributed by atoms with Crippen LogP contribution < -0.4 is 4.74 Å². The molecule has 0 radical (unpaired) electrons. The van der Waals surface area contributed by atoms with Crippen LogP contribution in [0.5, 0.6) is 5.75 Å². The van der Waals surface area contributed by atoms with Crippen molar-refractivity contribution in [1.82, 2.24) is 4.90 Å². The third-order valence-corrected chi connectivity index (χ3v) is 5.83. The maximum absolute atomic E-state index is 12.6. The van der Waals surface area contributed by atoms with Crippen LogP contribution >= 0.6 is 39.9 Å². The summed E-state index contributed by atoms with van der Waals surface area (Å²) < 4.78 is 7.48. The summed E-state index contributed by atoms with van der Waals surface area (Å²) in [4.78, 5) is 14.7. The number of rotatable bonds is 6. The largest absolute Gasteiger partial charge is 0.488 e. The van der Waals surface area contributed by atoms with E-state index >= 15 is 0 Å². The molecule has 1 amide bonds. The molecule has 138 valence electrons. The highest BCUT2D eigenvalue weighted by Gasteiger charge is 2.31. The van der Waals surface area contributed by atoms with Crippen molar-refractivity contribution in [2.45, 2.75) is 13.5 Å². The van der Waals surface area contributed by atoms with Crippen molar-refractivity contribution in [1.29, 1.82) is 0 Å². The molecule has 0 aliphatic carbocycles. The molecule has 1 heterocycles. The molecule has 2 aromatic carbocycles. The summed E-state index contributed by atoms with van der Waals surface area (Å²) in [5, 5.41) is 0. The number of carbonyl (C=O) groups is 1. The zero-order valence-electron chi connectivity index (χ0n) is 14.8. The molecule has 6 heteroatoms. The Labute approximate surface area is 177 Å². The number of thioether (sulfide) groups is 1. The number of hydrogen-bond acceptors (Lipinski definition) is 4. The summed E-state index contributed by atoms with van der Waals surface area (Å²) >= 11 is 10.1. The Hall–Kier alpha value is -1.89. The molecular weight excluding hydrogens is 442 g/mol. The maximum Gasteiger partial charge on any atom is 0.266 e. The lowest BCUT2D eigenvalue weighted by Crippen LogP contribution is -2.27. The van der Waals surface area contributed by atoms with Crippen LogP contribution in [0.1, 0.15) is 16.7 Å². The minimum absolute atomic E-state index is 0.102. The van der Waals surface area contributed by atoms with E-state index < -0.39 is 0 Å². The normalized spacial score (nSPS) is 15.5. The minimum Gasteiger partial charge on any atom is -0.488 e. The number of hydrogen-bond donors (Lipinski definition) is 0. The quantitative estimate of drug-likeness (QED) is 0.313. The van der Waals surface area contributed by atoms with Crippen molar-refractivity contribution in [3.63, 3.8) is 0 Å². The van der Waals surface area contributed by atoms with Crippen LogP contribution in [0.3, 0.4) is 0 Å². The van der Waals surface area contributed by atoms with Crippen molar-refractivity contribution < 1.29 is 9.53 Å². The van der Waals surface area contributed by atoms with Gasteiger partial charge in [-0.3, -0.25) is 9.69 Å². The van der Waals surface area contributed by atoms with E-state index in [1.807, 2.05) is 36.4 Å². The van der Waals surface area contributed by atoms with Crippen molar-refractivity contribution in [3.05, 3.63) is 81.2 Å². The second-order valence-corrected chi connectivity index (χ2v) is 8.63. The van der Waals surface area contributed by atoms with E-state index in [0.29, 0.717) is 28.1 Å². The number of benzene rings is 2. The van der Waals surface area contributed by atoms with Gasteiger partial charge in [-0.2, -0.15) is 0 Å². The number of aryl methyl sites for hydroxylation is 1. The van der Waals surface area contributed by atoms with E-state index in [4.69, 9.17) is 17.0 Å². The number of nitrogens with zero attached hydrogens (tertiary/aromatic N) is 1. The summed E-state index contributed by atoms with van der Waals surface area (Å²) in [6.07, 6.45) is 3.50. The molecule has 3 nitrogen and oxygen atoms in total. The van der Waals surface area contributed by atoms with Crippen LogP contribution in [0.2, 0.25) is 0 Å². The third-order valence-electron chi connectivity index (χ3n) is 3.96. The van der Waals surface area contributed by atoms with Gasteiger partial charge in [-0.05, 0) is 36.8 Å². The fourth-order valence-electron chi connectivity index (χ4n) is 2.54. The zero-order valence-corrected chi connectivity index (χ0v) is 18.0. The summed E-state index contributed by atoms with van der Waals surface area (Å²) in [7, 11) is 0. The molecule has 0 N–H and O–H groups in total. The van der Waals surface area contributed by atoms with Gasteiger partial charge < -0.3 is 4.74 Å². The predicted octanol–water partition coefficient (Wildman–Crippen LogP) is 5.72. The lowest BCUT2D eigenvalue weighted by atomic mass is 10.1. The second kappa shape index (κ2) is 8.87. The van der Waals surface area contributed by atoms with Gasteiger partial charge in [0.1, 0.15) is 16.7 Å². The lowest BCUT2D eigenvalue weighted by Gasteiger charge is -2.11. The number of amides is 1. The molecule has 2 aromatic rings. The van der Waals surface area contributed by atoms with E-state index in [1.54, 1.807) is 11.0 Å².